The Balaban J connectivity index is 2.21. The van der Waals surface area contributed by atoms with Crippen molar-refractivity contribution in [2.45, 2.75) is 20.3 Å². The molecule has 2 aromatic heterocycles. The van der Waals surface area contributed by atoms with Crippen molar-refractivity contribution in [3.63, 3.8) is 0 Å². The van der Waals surface area contributed by atoms with Crippen LogP contribution in [0, 0.1) is 13.8 Å². The zero-order chi connectivity index (χ0) is 11.5. The van der Waals surface area contributed by atoms with Crippen LogP contribution in [0.1, 0.15) is 27.3 Å². The van der Waals surface area contributed by atoms with Crippen LogP contribution in [0.3, 0.4) is 0 Å². The molecule has 0 bridgehead atoms. The SMILES string of the molecule is Cc1cc(C(=O)Cc2ccoc2)cc(C)n1. The van der Waals surface area contributed by atoms with E-state index in [-0.39, 0.29) is 5.78 Å². The molecular weight excluding hydrogens is 202 g/mol. The fourth-order valence-corrected chi connectivity index (χ4v) is 1.68. The Kier molecular flexibility index (Phi) is 2.86. The van der Waals surface area contributed by atoms with Crippen LogP contribution in [0.15, 0.2) is 35.1 Å². The molecule has 3 heteroatoms. The Morgan fingerprint density at radius 2 is 2.00 bits per heavy atom. The number of carbonyl (C=O) groups excluding carboxylic acids is 1. The molecule has 0 aliphatic carbocycles. The third kappa shape index (κ3) is 2.37. The first-order valence-corrected chi connectivity index (χ1v) is 5.15. The lowest BCUT2D eigenvalue weighted by Crippen LogP contribution is -2.04. The minimum absolute atomic E-state index is 0.0926. The smallest absolute Gasteiger partial charge is 0.167 e. The molecule has 0 radical (unpaired) electrons. The van der Waals surface area contributed by atoms with Crippen molar-refractivity contribution in [1.82, 2.24) is 4.98 Å². The normalized spacial score (nSPS) is 10.4. The summed E-state index contributed by atoms with van der Waals surface area (Å²) in [5.41, 5.74) is 3.36. The number of pyridine rings is 1. The highest BCUT2D eigenvalue weighted by atomic mass is 16.3. The van der Waals surface area contributed by atoms with E-state index in [9.17, 15) is 4.79 Å². The van der Waals surface area contributed by atoms with Gasteiger partial charge < -0.3 is 4.42 Å². The van der Waals surface area contributed by atoms with E-state index in [1.807, 2.05) is 26.0 Å². The molecular formula is C13H13NO2. The van der Waals surface area contributed by atoms with Gasteiger partial charge in [-0.2, -0.15) is 0 Å². The van der Waals surface area contributed by atoms with Crippen LogP contribution < -0.4 is 0 Å². The number of hydrogen-bond donors (Lipinski definition) is 0. The molecule has 0 fully saturated rings. The number of Topliss-reactive ketones (excluding diaryl/α,β-unsaturated/α-hetero) is 1. The second-order valence-corrected chi connectivity index (χ2v) is 3.87. The van der Waals surface area contributed by atoms with Gasteiger partial charge in [0.25, 0.3) is 0 Å². The Morgan fingerprint density at radius 3 is 2.56 bits per heavy atom. The van der Waals surface area contributed by atoms with Crippen LogP contribution in [-0.2, 0) is 6.42 Å². The number of hydrogen-bond acceptors (Lipinski definition) is 3. The van der Waals surface area contributed by atoms with Gasteiger partial charge in [-0.1, -0.05) is 0 Å². The quantitative estimate of drug-likeness (QED) is 0.739. The van der Waals surface area contributed by atoms with Crippen molar-refractivity contribution in [1.29, 1.82) is 0 Å². The number of aromatic nitrogens is 1. The topological polar surface area (TPSA) is 43.1 Å². The molecule has 0 atom stereocenters. The van der Waals surface area contributed by atoms with Crippen molar-refractivity contribution in [3.8, 4) is 0 Å². The average molecular weight is 215 g/mol. The van der Waals surface area contributed by atoms with Crippen LogP contribution in [-0.4, -0.2) is 10.8 Å². The molecule has 0 unspecified atom stereocenters. The predicted molar refractivity (Wildman–Crippen MR) is 60.5 cm³/mol. The van der Waals surface area contributed by atoms with E-state index in [0.717, 1.165) is 17.0 Å². The molecule has 82 valence electrons. The maximum atomic E-state index is 11.9. The highest BCUT2D eigenvalue weighted by Gasteiger charge is 2.09. The highest BCUT2D eigenvalue weighted by molar-refractivity contribution is 5.97. The average Bonchev–Trinajstić information content (AvgIpc) is 2.68. The van der Waals surface area contributed by atoms with Gasteiger partial charge in [0.15, 0.2) is 5.78 Å². The summed E-state index contributed by atoms with van der Waals surface area (Å²) >= 11 is 0. The van der Waals surface area contributed by atoms with Crippen LogP contribution in [0.2, 0.25) is 0 Å². The van der Waals surface area contributed by atoms with Gasteiger partial charge >= 0.3 is 0 Å². The first-order chi connectivity index (χ1) is 7.65. The lowest BCUT2D eigenvalue weighted by Gasteiger charge is -2.02. The van der Waals surface area contributed by atoms with E-state index in [1.165, 1.54) is 0 Å². The summed E-state index contributed by atoms with van der Waals surface area (Å²) in [5.74, 6) is 0.0926. The predicted octanol–water partition coefficient (Wildman–Crippen LogP) is 2.72. The monoisotopic (exact) mass is 215 g/mol. The summed E-state index contributed by atoms with van der Waals surface area (Å²) in [6, 6.07) is 5.43. The van der Waals surface area contributed by atoms with Crippen LogP contribution in [0.5, 0.6) is 0 Å². The molecule has 0 aliphatic rings. The first kappa shape index (κ1) is 10.6. The fraction of sp³-hybridized carbons (Fsp3) is 0.231. The number of nitrogens with zero attached hydrogens (tertiary/aromatic N) is 1. The zero-order valence-electron chi connectivity index (χ0n) is 9.36. The van der Waals surface area contributed by atoms with Crippen molar-refractivity contribution in [2.75, 3.05) is 0 Å². The molecule has 16 heavy (non-hydrogen) atoms. The third-order valence-electron chi connectivity index (χ3n) is 2.35. The standard InChI is InChI=1S/C13H13NO2/c1-9-5-12(6-10(2)14-9)13(15)7-11-3-4-16-8-11/h3-6,8H,7H2,1-2H3. The van der Waals surface area contributed by atoms with E-state index in [4.69, 9.17) is 4.42 Å². The summed E-state index contributed by atoms with van der Waals surface area (Å²) in [7, 11) is 0. The second kappa shape index (κ2) is 4.31. The molecule has 0 saturated carbocycles. The van der Waals surface area contributed by atoms with Gasteiger partial charge in [-0.3, -0.25) is 9.78 Å². The minimum atomic E-state index is 0.0926. The number of carbonyl (C=O) groups is 1. The van der Waals surface area contributed by atoms with Crippen molar-refractivity contribution < 1.29 is 9.21 Å². The largest absolute Gasteiger partial charge is 0.472 e. The minimum Gasteiger partial charge on any atom is -0.472 e. The van der Waals surface area contributed by atoms with Gasteiger partial charge in [0, 0.05) is 23.4 Å². The van der Waals surface area contributed by atoms with Crippen molar-refractivity contribution >= 4 is 5.78 Å². The number of ketones is 1. The lowest BCUT2D eigenvalue weighted by atomic mass is 10.0. The molecule has 0 aromatic carbocycles. The van der Waals surface area contributed by atoms with Gasteiger partial charge in [-0.15, -0.1) is 0 Å². The summed E-state index contributed by atoms with van der Waals surface area (Å²) in [6.45, 7) is 3.78. The third-order valence-corrected chi connectivity index (χ3v) is 2.35. The Morgan fingerprint density at radius 1 is 1.31 bits per heavy atom. The van der Waals surface area contributed by atoms with Crippen molar-refractivity contribution in [2.24, 2.45) is 0 Å². The van der Waals surface area contributed by atoms with Crippen molar-refractivity contribution in [3.05, 3.63) is 53.2 Å². The van der Waals surface area contributed by atoms with Gasteiger partial charge in [0.05, 0.1) is 12.5 Å². The molecule has 0 aliphatic heterocycles. The molecule has 2 rings (SSSR count). The van der Waals surface area contributed by atoms with E-state index in [1.54, 1.807) is 18.6 Å². The van der Waals surface area contributed by atoms with E-state index in [2.05, 4.69) is 4.98 Å². The summed E-state index contributed by atoms with van der Waals surface area (Å²) < 4.78 is 4.93. The summed E-state index contributed by atoms with van der Waals surface area (Å²) in [5, 5.41) is 0. The Labute approximate surface area is 94.1 Å². The molecule has 2 heterocycles. The Hall–Kier alpha value is -1.90. The number of furan rings is 1. The fourth-order valence-electron chi connectivity index (χ4n) is 1.68. The summed E-state index contributed by atoms with van der Waals surface area (Å²) in [4.78, 5) is 16.2. The molecule has 0 spiro atoms. The first-order valence-electron chi connectivity index (χ1n) is 5.15. The van der Waals surface area contributed by atoms with E-state index in [0.29, 0.717) is 12.0 Å². The van der Waals surface area contributed by atoms with E-state index >= 15 is 0 Å². The van der Waals surface area contributed by atoms with Crippen LogP contribution >= 0.6 is 0 Å². The molecule has 3 nitrogen and oxygen atoms in total. The lowest BCUT2D eigenvalue weighted by molar-refractivity contribution is 0.0992. The Bertz CT molecular complexity index is 480. The van der Waals surface area contributed by atoms with Gasteiger partial charge in [-0.25, -0.2) is 0 Å². The molecule has 0 amide bonds. The molecule has 2 aromatic rings. The van der Waals surface area contributed by atoms with Crippen LogP contribution in [0.4, 0.5) is 0 Å². The highest BCUT2D eigenvalue weighted by Crippen LogP contribution is 2.10. The van der Waals surface area contributed by atoms with Gasteiger partial charge in [0.2, 0.25) is 0 Å². The summed E-state index contributed by atoms with van der Waals surface area (Å²) in [6.07, 6.45) is 3.55. The van der Waals surface area contributed by atoms with E-state index < -0.39 is 0 Å². The maximum absolute atomic E-state index is 11.9. The molecule has 0 N–H and O–H groups in total. The van der Waals surface area contributed by atoms with Gasteiger partial charge in [0.1, 0.15) is 0 Å². The van der Waals surface area contributed by atoms with Gasteiger partial charge in [-0.05, 0) is 37.6 Å². The zero-order valence-corrected chi connectivity index (χ0v) is 9.36. The van der Waals surface area contributed by atoms with Crippen LogP contribution in [0.25, 0.3) is 0 Å². The maximum Gasteiger partial charge on any atom is 0.167 e. The second-order valence-electron chi connectivity index (χ2n) is 3.87. The number of aryl methyl sites for hydroxylation is 2. The molecule has 0 saturated heterocycles. The number of rotatable bonds is 3.